The number of rotatable bonds is 1. The maximum absolute atomic E-state index is 12.8. The van der Waals surface area contributed by atoms with E-state index in [9.17, 15) is 4.79 Å². The zero-order chi connectivity index (χ0) is 16.1. The van der Waals surface area contributed by atoms with Crippen LogP contribution < -0.4 is 10.1 Å². The van der Waals surface area contributed by atoms with Crippen molar-refractivity contribution in [3.63, 3.8) is 0 Å². The molecule has 2 heterocycles. The number of hydrogen-bond donors (Lipinski definition) is 0. The molecule has 0 spiro atoms. The largest absolute Gasteiger partial charge is 0.274 e. The number of hydrogen-bond acceptors (Lipinski definition) is 3. The van der Waals surface area contributed by atoms with Crippen molar-refractivity contribution in [1.29, 1.82) is 0 Å². The van der Waals surface area contributed by atoms with E-state index in [0.29, 0.717) is 4.53 Å². The number of imidazole rings is 1. The first-order chi connectivity index (χ1) is 11.0. The van der Waals surface area contributed by atoms with E-state index in [1.807, 2.05) is 50.3 Å². The van der Waals surface area contributed by atoms with E-state index in [-0.39, 0.29) is 5.56 Å². The minimum atomic E-state index is 0.000388. The Morgan fingerprint density at radius 3 is 2.65 bits per heavy atom. The number of aryl methyl sites for hydroxylation is 2. The average Bonchev–Trinajstić information content (AvgIpc) is 3.00. The van der Waals surface area contributed by atoms with Crippen LogP contribution in [0.4, 0.5) is 0 Å². The minimum Gasteiger partial charge on any atom is -0.267 e. The second-order valence-corrected chi connectivity index (χ2v) is 7.57. The highest BCUT2D eigenvalue weighted by Crippen LogP contribution is 2.21. The molecule has 5 heteroatoms. The molecule has 0 atom stereocenters. The van der Waals surface area contributed by atoms with Crippen LogP contribution in [-0.2, 0) is 0 Å². The van der Waals surface area contributed by atoms with Crippen LogP contribution >= 0.6 is 27.3 Å². The van der Waals surface area contributed by atoms with Crippen LogP contribution in [0.15, 0.2) is 45.7 Å². The van der Waals surface area contributed by atoms with Gasteiger partial charge in [0.15, 0.2) is 4.96 Å². The number of aromatic nitrogens is 2. The van der Waals surface area contributed by atoms with E-state index in [0.717, 1.165) is 37.2 Å². The van der Waals surface area contributed by atoms with Crippen molar-refractivity contribution in [2.75, 3.05) is 0 Å². The molecule has 2 aromatic heterocycles. The Morgan fingerprint density at radius 1 is 1.17 bits per heavy atom. The first-order valence-corrected chi connectivity index (χ1v) is 8.83. The Hall–Kier alpha value is -1.98. The van der Waals surface area contributed by atoms with Crippen molar-refractivity contribution in [3.8, 4) is 0 Å². The van der Waals surface area contributed by atoms with Crippen LogP contribution in [0.3, 0.4) is 0 Å². The summed E-state index contributed by atoms with van der Waals surface area (Å²) in [6.07, 6.45) is 1.92. The van der Waals surface area contributed by atoms with Crippen molar-refractivity contribution in [2.45, 2.75) is 13.8 Å². The van der Waals surface area contributed by atoms with E-state index in [1.54, 1.807) is 4.40 Å². The van der Waals surface area contributed by atoms with Crippen LogP contribution in [0, 0.1) is 13.8 Å². The van der Waals surface area contributed by atoms with Gasteiger partial charge >= 0.3 is 0 Å². The Kier molecular flexibility index (Phi) is 3.36. The molecular formula is C18H13BrN2OS. The van der Waals surface area contributed by atoms with Gasteiger partial charge in [-0.25, -0.2) is 9.38 Å². The van der Waals surface area contributed by atoms with Gasteiger partial charge in [0.05, 0.1) is 15.6 Å². The zero-order valence-corrected chi connectivity index (χ0v) is 15.0. The summed E-state index contributed by atoms with van der Waals surface area (Å²) >= 11 is 4.86. The summed E-state index contributed by atoms with van der Waals surface area (Å²) in [5.41, 5.74) is 5.06. The fourth-order valence-corrected chi connectivity index (χ4v) is 4.06. The highest BCUT2D eigenvalue weighted by molar-refractivity contribution is 9.10. The molecule has 0 amide bonds. The lowest BCUT2D eigenvalue weighted by molar-refractivity contribution is 1.18. The third kappa shape index (κ3) is 2.40. The van der Waals surface area contributed by atoms with Gasteiger partial charge in [-0.05, 0) is 54.8 Å². The maximum atomic E-state index is 12.8. The van der Waals surface area contributed by atoms with Crippen molar-refractivity contribution in [2.24, 2.45) is 0 Å². The van der Waals surface area contributed by atoms with Gasteiger partial charge in [-0.3, -0.25) is 4.79 Å². The topological polar surface area (TPSA) is 34.4 Å². The molecule has 4 rings (SSSR count). The fraction of sp³-hybridized carbons (Fsp3) is 0.111. The smallest absolute Gasteiger partial charge is 0.267 e. The van der Waals surface area contributed by atoms with Gasteiger partial charge < -0.3 is 0 Å². The van der Waals surface area contributed by atoms with Crippen molar-refractivity contribution in [3.05, 3.63) is 72.4 Å². The number of fused-ring (bicyclic) bond motifs is 3. The van der Waals surface area contributed by atoms with Gasteiger partial charge in [0.2, 0.25) is 0 Å². The van der Waals surface area contributed by atoms with Gasteiger partial charge in [-0.1, -0.05) is 45.5 Å². The predicted octanol–water partition coefficient (Wildman–Crippen LogP) is 3.84. The molecule has 0 saturated carbocycles. The van der Waals surface area contributed by atoms with E-state index in [2.05, 4.69) is 27.0 Å². The summed E-state index contributed by atoms with van der Waals surface area (Å²) in [5, 5.41) is 0. The summed E-state index contributed by atoms with van der Waals surface area (Å²) in [6.45, 7) is 4.07. The molecule has 4 aromatic rings. The predicted molar refractivity (Wildman–Crippen MR) is 99.2 cm³/mol. The third-order valence-corrected chi connectivity index (χ3v) is 5.34. The number of benzene rings is 2. The zero-order valence-electron chi connectivity index (χ0n) is 12.6. The Balaban J connectivity index is 2.02. The molecule has 3 nitrogen and oxygen atoms in total. The van der Waals surface area contributed by atoms with Gasteiger partial charge in [0.1, 0.15) is 0 Å². The number of thiazole rings is 1. The van der Waals surface area contributed by atoms with Gasteiger partial charge in [-0.2, -0.15) is 0 Å². The highest BCUT2D eigenvalue weighted by Gasteiger charge is 2.13. The highest BCUT2D eigenvalue weighted by atomic mass is 79.9. The van der Waals surface area contributed by atoms with Crippen molar-refractivity contribution in [1.82, 2.24) is 9.38 Å². The number of halogens is 1. The lowest BCUT2D eigenvalue weighted by Gasteiger charge is -1.97. The molecule has 0 aliphatic carbocycles. The normalized spacial score (nSPS) is 12.6. The minimum absolute atomic E-state index is 0.000388. The Labute approximate surface area is 145 Å². The quantitative estimate of drug-likeness (QED) is 0.499. The van der Waals surface area contributed by atoms with Crippen LogP contribution in [-0.4, -0.2) is 9.38 Å². The van der Waals surface area contributed by atoms with Crippen LogP contribution in [0.2, 0.25) is 0 Å². The fourth-order valence-electron chi connectivity index (χ4n) is 2.82. The molecule has 0 fully saturated rings. The lowest BCUT2D eigenvalue weighted by atomic mass is 10.1. The van der Waals surface area contributed by atoms with E-state index >= 15 is 0 Å². The summed E-state index contributed by atoms with van der Waals surface area (Å²) in [7, 11) is 0. The van der Waals surface area contributed by atoms with E-state index < -0.39 is 0 Å². The SMILES string of the molecule is Cc1cc(C)c2nc3s/c(=C\c4ccc(Br)cc4)c(=O)n3c2c1. The summed E-state index contributed by atoms with van der Waals surface area (Å²) in [6, 6.07) is 12.0. The van der Waals surface area contributed by atoms with Crippen LogP contribution in [0.1, 0.15) is 16.7 Å². The Morgan fingerprint density at radius 2 is 1.91 bits per heavy atom. The second-order valence-electron chi connectivity index (χ2n) is 5.65. The van der Waals surface area contributed by atoms with E-state index in [4.69, 9.17) is 0 Å². The number of nitrogens with zero attached hydrogens (tertiary/aromatic N) is 2. The molecule has 0 bridgehead atoms. The maximum Gasteiger partial charge on any atom is 0.274 e. The van der Waals surface area contributed by atoms with E-state index in [1.165, 1.54) is 11.3 Å². The standard InChI is InChI=1S/C18H13BrN2OS/c1-10-7-11(2)16-14(8-10)21-17(22)15(23-18(21)20-16)9-12-3-5-13(19)6-4-12/h3-9H,1-2H3/b15-9-. The summed E-state index contributed by atoms with van der Waals surface area (Å²) in [5.74, 6) is 0. The van der Waals surface area contributed by atoms with Crippen LogP contribution in [0.25, 0.3) is 22.1 Å². The molecule has 0 N–H and O–H groups in total. The first kappa shape index (κ1) is 14.6. The third-order valence-electron chi connectivity index (χ3n) is 3.85. The van der Waals surface area contributed by atoms with Crippen molar-refractivity contribution >= 4 is 49.3 Å². The summed E-state index contributed by atoms with van der Waals surface area (Å²) in [4.78, 5) is 18.2. The lowest BCUT2D eigenvalue weighted by Crippen LogP contribution is -2.22. The molecule has 0 saturated heterocycles. The van der Waals surface area contributed by atoms with Crippen molar-refractivity contribution < 1.29 is 0 Å². The monoisotopic (exact) mass is 384 g/mol. The molecule has 0 radical (unpaired) electrons. The molecule has 0 unspecified atom stereocenters. The molecular weight excluding hydrogens is 372 g/mol. The van der Waals surface area contributed by atoms with Gasteiger partial charge in [-0.15, -0.1) is 0 Å². The Bertz CT molecular complexity index is 1160. The average molecular weight is 385 g/mol. The molecule has 0 aliphatic rings. The van der Waals surface area contributed by atoms with Crippen LogP contribution in [0.5, 0.6) is 0 Å². The van der Waals surface area contributed by atoms with Gasteiger partial charge in [0, 0.05) is 4.47 Å². The molecule has 0 aliphatic heterocycles. The summed E-state index contributed by atoms with van der Waals surface area (Å²) < 4.78 is 3.45. The second kappa shape index (κ2) is 5.28. The van der Waals surface area contributed by atoms with Gasteiger partial charge in [0.25, 0.3) is 5.56 Å². The molecule has 23 heavy (non-hydrogen) atoms. The molecule has 114 valence electrons. The molecule has 2 aromatic carbocycles. The first-order valence-electron chi connectivity index (χ1n) is 7.22.